The summed E-state index contributed by atoms with van der Waals surface area (Å²) in [5.74, 6) is 0.971. The number of hydrogen-bond acceptors (Lipinski definition) is 2. The van der Waals surface area contributed by atoms with E-state index in [1.807, 2.05) is 6.92 Å². The minimum atomic E-state index is 0.152. The van der Waals surface area contributed by atoms with E-state index in [0.29, 0.717) is 0 Å². The maximum Gasteiger partial charge on any atom is 0.0773 e. The molecule has 0 heterocycles. The van der Waals surface area contributed by atoms with E-state index < -0.39 is 0 Å². The molecule has 15 heavy (non-hydrogen) atoms. The zero-order chi connectivity index (χ0) is 11.5. The van der Waals surface area contributed by atoms with Crippen LogP contribution in [0.4, 0.5) is 0 Å². The van der Waals surface area contributed by atoms with Crippen molar-refractivity contribution in [3.05, 3.63) is 0 Å². The van der Waals surface area contributed by atoms with Crippen molar-refractivity contribution in [2.75, 3.05) is 6.61 Å². The maximum atomic E-state index is 6.24. The molecule has 2 heteroatoms. The molecule has 0 aromatic rings. The molecule has 2 N–H and O–H groups in total. The van der Waals surface area contributed by atoms with Crippen molar-refractivity contribution in [2.45, 2.75) is 65.5 Å². The SMILES string of the molecule is CCOC(C(N)CCC1CC1)C(C)(C)C. The second kappa shape index (κ2) is 5.31. The summed E-state index contributed by atoms with van der Waals surface area (Å²) in [6, 6.07) is 0.200. The molecule has 2 nitrogen and oxygen atoms in total. The second-order valence-electron chi connectivity index (χ2n) is 5.93. The van der Waals surface area contributed by atoms with E-state index in [1.54, 1.807) is 0 Å². The van der Waals surface area contributed by atoms with Crippen molar-refractivity contribution < 1.29 is 4.74 Å². The van der Waals surface area contributed by atoms with E-state index in [0.717, 1.165) is 18.9 Å². The predicted molar refractivity (Wildman–Crippen MR) is 64.8 cm³/mol. The number of nitrogens with two attached hydrogens (primary N) is 1. The summed E-state index contributed by atoms with van der Waals surface area (Å²) < 4.78 is 5.80. The lowest BCUT2D eigenvalue weighted by Crippen LogP contribution is -2.45. The quantitative estimate of drug-likeness (QED) is 0.736. The van der Waals surface area contributed by atoms with Gasteiger partial charge in [-0.25, -0.2) is 0 Å². The molecule has 2 unspecified atom stereocenters. The Morgan fingerprint density at radius 1 is 1.33 bits per heavy atom. The normalized spacial score (nSPS) is 21.4. The van der Waals surface area contributed by atoms with Crippen molar-refractivity contribution >= 4 is 0 Å². The van der Waals surface area contributed by atoms with Crippen LogP contribution in [0.15, 0.2) is 0 Å². The topological polar surface area (TPSA) is 35.2 Å². The Balaban J connectivity index is 2.38. The summed E-state index contributed by atoms with van der Waals surface area (Å²) >= 11 is 0. The van der Waals surface area contributed by atoms with Gasteiger partial charge in [0.15, 0.2) is 0 Å². The van der Waals surface area contributed by atoms with Gasteiger partial charge in [0, 0.05) is 12.6 Å². The van der Waals surface area contributed by atoms with Crippen molar-refractivity contribution in [2.24, 2.45) is 17.1 Å². The van der Waals surface area contributed by atoms with E-state index in [2.05, 4.69) is 20.8 Å². The summed E-state index contributed by atoms with van der Waals surface area (Å²) in [7, 11) is 0. The molecule has 0 bridgehead atoms. The lowest BCUT2D eigenvalue weighted by Gasteiger charge is -2.35. The van der Waals surface area contributed by atoms with Gasteiger partial charge >= 0.3 is 0 Å². The Morgan fingerprint density at radius 3 is 2.33 bits per heavy atom. The van der Waals surface area contributed by atoms with Gasteiger partial charge in [0.25, 0.3) is 0 Å². The second-order valence-corrected chi connectivity index (χ2v) is 5.93. The van der Waals surface area contributed by atoms with Gasteiger partial charge < -0.3 is 10.5 Å². The highest BCUT2D eigenvalue weighted by atomic mass is 16.5. The first kappa shape index (κ1) is 13.0. The standard InChI is InChI=1S/C13H27NO/c1-5-15-12(13(2,3)4)11(14)9-8-10-6-7-10/h10-12H,5-9,14H2,1-4H3. The fraction of sp³-hybridized carbons (Fsp3) is 1.00. The summed E-state index contributed by atoms with van der Waals surface area (Å²) in [4.78, 5) is 0. The fourth-order valence-electron chi connectivity index (χ4n) is 2.18. The zero-order valence-electron chi connectivity index (χ0n) is 10.8. The van der Waals surface area contributed by atoms with Crippen molar-refractivity contribution in [1.29, 1.82) is 0 Å². The molecule has 0 aromatic heterocycles. The molecule has 0 spiro atoms. The van der Waals surface area contributed by atoms with Crippen LogP contribution in [0.3, 0.4) is 0 Å². The third-order valence-corrected chi connectivity index (χ3v) is 3.19. The summed E-state index contributed by atoms with van der Waals surface area (Å²) in [5, 5.41) is 0. The Bertz CT molecular complexity index is 181. The van der Waals surface area contributed by atoms with Crippen LogP contribution in [-0.4, -0.2) is 18.8 Å². The highest BCUT2D eigenvalue weighted by molar-refractivity contribution is 4.86. The molecule has 90 valence electrons. The molecule has 0 aromatic carbocycles. The van der Waals surface area contributed by atoms with Gasteiger partial charge in [-0.1, -0.05) is 33.6 Å². The molecule has 0 aliphatic heterocycles. The third kappa shape index (κ3) is 4.52. The maximum absolute atomic E-state index is 6.24. The molecule has 1 rings (SSSR count). The first-order valence-electron chi connectivity index (χ1n) is 6.32. The summed E-state index contributed by atoms with van der Waals surface area (Å²) in [6.07, 6.45) is 5.44. The summed E-state index contributed by atoms with van der Waals surface area (Å²) in [6.45, 7) is 9.45. The average Bonchev–Trinajstić information content (AvgIpc) is 2.91. The van der Waals surface area contributed by atoms with Gasteiger partial charge in [-0.2, -0.15) is 0 Å². The van der Waals surface area contributed by atoms with Gasteiger partial charge in [0.05, 0.1) is 6.10 Å². The van der Waals surface area contributed by atoms with E-state index in [1.165, 1.54) is 19.3 Å². The molecule has 0 radical (unpaired) electrons. The largest absolute Gasteiger partial charge is 0.376 e. The average molecular weight is 213 g/mol. The van der Waals surface area contributed by atoms with Crippen molar-refractivity contribution in [1.82, 2.24) is 0 Å². The Labute approximate surface area is 94.6 Å². The van der Waals surface area contributed by atoms with Crippen LogP contribution in [0.5, 0.6) is 0 Å². The number of ether oxygens (including phenoxy) is 1. The van der Waals surface area contributed by atoms with Gasteiger partial charge in [-0.15, -0.1) is 0 Å². The van der Waals surface area contributed by atoms with Crippen molar-refractivity contribution in [3.63, 3.8) is 0 Å². The first-order valence-corrected chi connectivity index (χ1v) is 6.32. The van der Waals surface area contributed by atoms with Crippen LogP contribution in [-0.2, 0) is 4.74 Å². The Morgan fingerprint density at radius 2 is 1.93 bits per heavy atom. The van der Waals surface area contributed by atoms with Crippen LogP contribution in [0.25, 0.3) is 0 Å². The fourth-order valence-corrected chi connectivity index (χ4v) is 2.18. The van der Waals surface area contributed by atoms with E-state index >= 15 is 0 Å². The zero-order valence-corrected chi connectivity index (χ0v) is 10.8. The Hall–Kier alpha value is -0.0800. The van der Waals surface area contributed by atoms with Crippen LogP contribution >= 0.6 is 0 Å². The predicted octanol–water partition coefficient (Wildman–Crippen LogP) is 2.96. The molecule has 1 aliphatic rings. The van der Waals surface area contributed by atoms with E-state index in [9.17, 15) is 0 Å². The van der Waals surface area contributed by atoms with Gasteiger partial charge in [0.2, 0.25) is 0 Å². The monoisotopic (exact) mass is 213 g/mol. The number of hydrogen-bond donors (Lipinski definition) is 1. The molecular formula is C13H27NO. The lowest BCUT2D eigenvalue weighted by molar-refractivity contribution is -0.0296. The van der Waals surface area contributed by atoms with Gasteiger partial charge in [0.1, 0.15) is 0 Å². The van der Waals surface area contributed by atoms with Crippen LogP contribution in [0.1, 0.15) is 53.4 Å². The highest BCUT2D eigenvalue weighted by Gasteiger charge is 2.32. The van der Waals surface area contributed by atoms with Crippen LogP contribution in [0.2, 0.25) is 0 Å². The summed E-state index contributed by atoms with van der Waals surface area (Å²) in [5.41, 5.74) is 6.39. The Kier molecular flexibility index (Phi) is 4.60. The van der Waals surface area contributed by atoms with Crippen LogP contribution in [0, 0.1) is 11.3 Å². The van der Waals surface area contributed by atoms with E-state index in [-0.39, 0.29) is 17.6 Å². The molecule has 0 amide bonds. The third-order valence-electron chi connectivity index (χ3n) is 3.19. The minimum Gasteiger partial charge on any atom is -0.376 e. The van der Waals surface area contributed by atoms with E-state index in [4.69, 9.17) is 10.5 Å². The van der Waals surface area contributed by atoms with Gasteiger partial charge in [-0.3, -0.25) is 0 Å². The molecule has 1 saturated carbocycles. The van der Waals surface area contributed by atoms with Crippen molar-refractivity contribution in [3.8, 4) is 0 Å². The molecule has 1 aliphatic carbocycles. The molecule has 2 atom stereocenters. The minimum absolute atomic E-state index is 0.152. The number of rotatable bonds is 6. The molecule has 0 saturated heterocycles. The smallest absolute Gasteiger partial charge is 0.0773 e. The molecular weight excluding hydrogens is 186 g/mol. The van der Waals surface area contributed by atoms with Gasteiger partial charge in [-0.05, 0) is 31.1 Å². The lowest BCUT2D eigenvalue weighted by atomic mass is 9.83. The van der Waals surface area contributed by atoms with Crippen LogP contribution < -0.4 is 5.73 Å². The molecule has 1 fully saturated rings. The highest BCUT2D eigenvalue weighted by Crippen LogP contribution is 2.35. The first-order chi connectivity index (χ1) is 6.95.